The molecule has 1 unspecified atom stereocenters. The maximum absolute atomic E-state index is 9.22. The Hall–Kier alpha value is -0.540. The molecule has 0 saturated carbocycles. The van der Waals surface area contributed by atoms with Crippen LogP contribution in [0.3, 0.4) is 0 Å². The molecule has 19 heavy (non-hydrogen) atoms. The molecule has 0 bridgehead atoms. The molecule has 1 nitrogen and oxygen atoms in total. The third-order valence-corrected chi connectivity index (χ3v) is 3.66. The highest BCUT2D eigenvalue weighted by Crippen LogP contribution is 2.30. The number of benzene rings is 2. The summed E-state index contributed by atoms with van der Waals surface area (Å²) in [6.07, 6.45) is 0.613. The van der Waals surface area contributed by atoms with Gasteiger partial charge in [0, 0.05) is 10.0 Å². The van der Waals surface area contributed by atoms with Gasteiger partial charge in [-0.3, -0.25) is 0 Å². The van der Waals surface area contributed by atoms with E-state index in [1.54, 1.807) is 36.4 Å². The largest absolute Gasteiger partial charge is 0.508 e. The van der Waals surface area contributed by atoms with Gasteiger partial charge in [0.2, 0.25) is 0 Å². The van der Waals surface area contributed by atoms with E-state index in [1.807, 2.05) is 6.07 Å². The van der Waals surface area contributed by atoms with E-state index in [9.17, 15) is 5.11 Å². The highest BCUT2D eigenvalue weighted by atomic mass is 35.5. The molecule has 0 fully saturated rings. The minimum atomic E-state index is -0.190. The van der Waals surface area contributed by atoms with Crippen molar-refractivity contribution in [1.29, 1.82) is 0 Å². The monoisotopic (exact) mass is 334 g/mol. The topological polar surface area (TPSA) is 20.2 Å². The molecule has 1 atom stereocenters. The summed E-state index contributed by atoms with van der Waals surface area (Å²) in [6.45, 7) is 0. The van der Waals surface area contributed by atoms with Crippen molar-refractivity contribution < 1.29 is 5.11 Å². The van der Waals surface area contributed by atoms with E-state index in [4.69, 9.17) is 34.8 Å². The highest BCUT2D eigenvalue weighted by molar-refractivity contribution is 7.59. The molecule has 0 amide bonds. The van der Waals surface area contributed by atoms with E-state index in [0.717, 1.165) is 11.1 Å². The van der Waals surface area contributed by atoms with Crippen molar-refractivity contribution in [2.45, 2.75) is 11.8 Å². The molecule has 0 aliphatic heterocycles. The molecule has 1 N–H and O–H groups in total. The Morgan fingerprint density at radius 1 is 1.00 bits per heavy atom. The van der Waals surface area contributed by atoms with E-state index >= 15 is 0 Å². The molecular formula is C14H13Cl3OS. The smallest absolute Gasteiger partial charge is 0.115 e. The van der Waals surface area contributed by atoms with Gasteiger partial charge in [-0.15, -0.1) is 11.6 Å². The fourth-order valence-corrected chi connectivity index (χ4v) is 2.48. The SMILES string of the molecule is Oc1ccc(C(Cl)Cc2ccc(Cl)cc2Cl)cc1.S. The van der Waals surface area contributed by atoms with Crippen LogP contribution in [0.4, 0.5) is 0 Å². The van der Waals surface area contributed by atoms with Crippen molar-refractivity contribution >= 4 is 48.3 Å². The lowest BCUT2D eigenvalue weighted by molar-refractivity contribution is 0.475. The number of hydrogen-bond donors (Lipinski definition) is 1. The van der Waals surface area contributed by atoms with Gasteiger partial charge in [0.05, 0.1) is 5.38 Å². The fraction of sp³-hybridized carbons (Fsp3) is 0.143. The second-order valence-electron chi connectivity index (χ2n) is 4.00. The Labute approximate surface area is 134 Å². The molecule has 5 heteroatoms. The Kier molecular flexibility index (Phi) is 6.34. The first kappa shape index (κ1) is 16.5. The third-order valence-electron chi connectivity index (χ3n) is 2.67. The van der Waals surface area contributed by atoms with Crippen molar-refractivity contribution in [2.75, 3.05) is 0 Å². The van der Waals surface area contributed by atoms with Crippen LogP contribution in [0.1, 0.15) is 16.5 Å². The van der Waals surface area contributed by atoms with Crippen molar-refractivity contribution in [3.63, 3.8) is 0 Å². The molecule has 2 aromatic rings. The van der Waals surface area contributed by atoms with E-state index in [0.29, 0.717) is 16.5 Å². The van der Waals surface area contributed by atoms with Crippen LogP contribution in [0.5, 0.6) is 5.75 Å². The first-order chi connectivity index (χ1) is 8.56. The predicted octanol–water partition coefficient (Wildman–Crippen LogP) is 5.33. The molecule has 0 spiro atoms. The molecule has 0 aliphatic carbocycles. The van der Waals surface area contributed by atoms with Crippen LogP contribution in [0.25, 0.3) is 0 Å². The van der Waals surface area contributed by atoms with Gasteiger partial charge in [-0.1, -0.05) is 41.4 Å². The second kappa shape index (κ2) is 7.30. The Balaban J connectivity index is 0.00000180. The molecule has 2 aromatic carbocycles. The van der Waals surface area contributed by atoms with Crippen LogP contribution in [-0.4, -0.2) is 5.11 Å². The summed E-state index contributed by atoms with van der Waals surface area (Å²) in [4.78, 5) is 0. The standard InChI is InChI=1S/C14H11Cl3O.H2S/c15-11-4-1-10(14(17)8-11)7-13(16)9-2-5-12(18)6-3-9;/h1-6,8,13,18H,7H2;1H2. The van der Waals surface area contributed by atoms with E-state index in [-0.39, 0.29) is 24.6 Å². The first-order valence-electron chi connectivity index (χ1n) is 5.43. The van der Waals surface area contributed by atoms with E-state index < -0.39 is 0 Å². The lowest BCUT2D eigenvalue weighted by atomic mass is 10.0. The summed E-state index contributed by atoms with van der Waals surface area (Å²) in [6, 6.07) is 12.2. The van der Waals surface area contributed by atoms with Gasteiger partial charge in [0.15, 0.2) is 0 Å². The van der Waals surface area contributed by atoms with Crippen molar-refractivity contribution in [3.8, 4) is 5.75 Å². The van der Waals surface area contributed by atoms with Gasteiger partial charge in [-0.25, -0.2) is 0 Å². The minimum absolute atomic E-state index is 0. The van der Waals surface area contributed by atoms with E-state index in [2.05, 4.69) is 0 Å². The summed E-state index contributed by atoms with van der Waals surface area (Å²) in [5.74, 6) is 0.229. The number of hydrogen-bond acceptors (Lipinski definition) is 1. The normalized spacial score (nSPS) is 11.7. The Morgan fingerprint density at radius 2 is 1.63 bits per heavy atom. The average Bonchev–Trinajstić information content (AvgIpc) is 2.33. The lowest BCUT2D eigenvalue weighted by Crippen LogP contribution is -1.96. The molecule has 0 aromatic heterocycles. The second-order valence-corrected chi connectivity index (χ2v) is 5.37. The van der Waals surface area contributed by atoms with Crippen LogP contribution < -0.4 is 0 Å². The average molecular weight is 336 g/mol. The van der Waals surface area contributed by atoms with Gasteiger partial charge in [0.25, 0.3) is 0 Å². The first-order valence-corrected chi connectivity index (χ1v) is 6.62. The van der Waals surface area contributed by atoms with Gasteiger partial charge in [0.1, 0.15) is 5.75 Å². The molecule has 0 radical (unpaired) electrons. The number of halogens is 3. The summed E-state index contributed by atoms with van der Waals surface area (Å²) >= 11 is 18.3. The van der Waals surface area contributed by atoms with Crippen molar-refractivity contribution in [1.82, 2.24) is 0 Å². The highest BCUT2D eigenvalue weighted by Gasteiger charge is 2.11. The zero-order valence-corrected chi connectivity index (χ0v) is 13.2. The zero-order valence-electron chi connectivity index (χ0n) is 9.91. The van der Waals surface area contributed by atoms with Gasteiger partial charge in [-0.05, 0) is 41.8 Å². The summed E-state index contributed by atoms with van der Waals surface area (Å²) in [5.41, 5.74) is 1.90. The molecular weight excluding hydrogens is 323 g/mol. The summed E-state index contributed by atoms with van der Waals surface area (Å²) in [5, 5.41) is 10.3. The predicted molar refractivity (Wildman–Crippen MR) is 87.2 cm³/mol. The maximum atomic E-state index is 9.22. The van der Waals surface area contributed by atoms with Crippen molar-refractivity contribution in [3.05, 3.63) is 63.6 Å². The zero-order chi connectivity index (χ0) is 13.1. The molecule has 0 saturated heterocycles. The number of aromatic hydroxyl groups is 1. The van der Waals surface area contributed by atoms with Gasteiger partial charge in [-0.2, -0.15) is 13.5 Å². The Bertz CT molecular complexity index is 543. The third kappa shape index (κ3) is 4.50. The number of phenolic OH excluding ortho intramolecular Hbond substituents is 1. The van der Waals surface area contributed by atoms with Gasteiger partial charge < -0.3 is 5.11 Å². The van der Waals surface area contributed by atoms with Gasteiger partial charge >= 0.3 is 0 Å². The number of alkyl halides is 1. The van der Waals surface area contributed by atoms with E-state index in [1.165, 1.54) is 0 Å². The molecule has 102 valence electrons. The number of rotatable bonds is 3. The Morgan fingerprint density at radius 3 is 2.21 bits per heavy atom. The van der Waals surface area contributed by atoms with Crippen LogP contribution in [-0.2, 0) is 6.42 Å². The van der Waals surface area contributed by atoms with Crippen LogP contribution in [0.15, 0.2) is 42.5 Å². The number of phenols is 1. The quantitative estimate of drug-likeness (QED) is 0.751. The molecule has 0 aliphatic rings. The van der Waals surface area contributed by atoms with Crippen molar-refractivity contribution in [2.24, 2.45) is 0 Å². The minimum Gasteiger partial charge on any atom is -0.508 e. The maximum Gasteiger partial charge on any atom is 0.115 e. The molecule has 2 rings (SSSR count). The summed E-state index contributed by atoms with van der Waals surface area (Å²) < 4.78 is 0. The summed E-state index contributed by atoms with van der Waals surface area (Å²) in [7, 11) is 0. The molecule has 0 heterocycles. The fourth-order valence-electron chi connectivity index (χ4n) is 1.68. The van der Waals surface area contributed by atoms with Crippen LogP contribution in [0, 0.1) is 0 Å². The van der Waals surface area contributed by atoms with Crippen LogP contribution >= 0.6 is 48.3 Å². The van der Waals surface area contributed by atoms with Crippen LogP contribution in [0.2, 0.25) is 10.0 Å². The lowest BCUT2D eigenvalue weighted by Gasteiger charge is -2.11.